The molecular weight excluding hydrogens is 475 g/mol. The van der Waals surface area contributed by atoms with E-state index in [1.54, 1.807) is 7.05 Å². The number of benzene rings is 1. The molecule has 0 heterocycles. The average Bonchev–Trinajstić information content (AvgIpc) is 2.55. The fourth-order valence-corrected chi connectivity index (χ4v) is 3.81. The summed E-state index contributed by atoms with van der Waals surface area (Å²) in [6, 6.07) is 7.58. The highest BCUT2D eigenvalue weighted by atomic mass is 127. The number of rotatable bonds is 8. The summed E-state index contributed by atoms with van der Waals surface area (Å²) < 4.78 is 25.8. The lowest BCUT2D eigenvalue weighted by Crippen LogP contribution is -2.42. The average molecular weight is 503 g/mol. The van der Waals surface area contributed by atoms with Crippen molar-refractivity contribution in [1.82, 2.24) is 14.9 Å². The topological polar surface area (TPSA) is 73.8 Å². The monoisotopic (exact) mass is 502 g/mol. The minimum Gasteiger partial charge on any atom is -0.355 e. The van der Waals surface area contributed by atoms with E-state index < -0.39 is 10.0 Å². The Balaban J connectivity index is 0.00000576. The van der Waals surface area contributed by atoms with Gasteiger partial charge < -0.3 is 10.6 Å². The molecule has 9 heteroatoms. The van der Waals surface area contributed by atoms with Crippen molar-refractivity contribution in [3.8, 4) is 0 Å². The van der Waals surface area contributed by atoms with Crippen LogP contribution in [0.4, 0.5) is 0 Å². The largest absolute Gasteiger partial charge is 0.355 e. The van der Waals surface area contributed by atoms with Gasteiger partial charge in [0.25, 0.3) is 0 Å². The highest BCUT2D eigenvalue weighted by Crippen LogP contribution is 2.15. The number of sulfonamides is 1. The second kappa shape index (κ2) is 11.9. The normalized spacial score (nSPS) is 13.3. The molecule has 0 bridgehead atoms. The van der Waals surface area contributed by atoms with Crippen LogP contribution in [0.1, 0.15) is 32.4 Å². The van der Waals surface area contributed by atoms with Crippen molar-refractivity contribution < 1.29 is 8.42 Å². The summed E-state index contributed by atoms with van der Waals surface area (Å²) in [5.74, 6) is 0.595. The van der Waals surface area contributed by atoms with Crippen LogP contribution in [0.25, 0.3) is 0 Å². The molecule has 0 aromatic heterocycles. The fraction of sp³-hybridized carbons (Fsp3) is 0.562. The van der Waals surface area contributed by atoms with E-state index >= 15 is 0 Å². The number of nitrogens with zero attached hydrogens (tertiary/aromatic N) is 2. The predicted octanol–water partition coefficient (Wildman–Crippen LogP) is 2.86. The quantitative estimate of drug-likeness (QED) is 0.326. The molecule has 6 nitrogen and oxygen atoms in total. The summed E-state index contributed by atoms with van der Waals surface area (Å²) >= 11 is 5.89. The zero-order chi connectivity index (χ0) is 18.2. The molecule has 1 atom stereocenters. The van der Waals surface area contributed by atoms with E-state index in [2.05, 4.69) is 15.6 Å². The first kappa shape index (κ1) is 24.4. The Morgan fingerprint density at radius 2 is 1.80 bits per heavy atom. The van der Waals surface area contributed by atoms with Crippen molar-refractivity contribution in [2.75, 3.05) is 32.4 Å². The minimum absolute atomic E-state index is 0. The van der Waals surface area contributed by atoms with Gasteiger partial charge in [0, 0.05) is 31.7 Å². The molecule has 0 aliphatic rings. The Bertz CT molecular complexity index is 634. The summed E-state index contributed by atoms with van der Waals surface area (Å²) in [6.07, 6.45) is 0. The van der Waals surface area contributed by atoms with Gasteiger partial charge in [-0.3, -0.25) is 4.99 Å². The fourth-order valence-electron chi connectivity index (χ4n) is 2.28. The highest BCUT2D eigenvalue weighted by Gasteiger charge is 2.18. The van der Waals surface area contributed by atoms with E-state index in [0.29, 0.717) is 30.6 Å². The predicted molar refractivity (Wildman–Crippen MR) is 116 cm³/mol. The Labute approximate surface area is 173 Å². The molecule has 0 aliphatic heterocycles. The van der Waals surface area contributed by atoms with Gasteiger partial charge in [0.15, 0.2) is 5.96 Å². The second-order valence-electron chi connectivity index (χ2n) is 5.32. The third-order valence-electron chi connectivity index (χ3n) is 3.70. The van der Waals surface area contributed by atoms with Crippen LogP contribution in [-0.2, 0) is 10.0 Å². The van der Waals surface area contributed by atoms with E-state index in [9.17, 15) is 8.42 Å². The molecule has 25 heavy (non-hydrogen) atoms. The van der Waals surface area contributed by atoms with Gasteiger partial charge in [0.05, 0.1) is 11.8 Å². The first-order chi connectivity index (χ1) is 11.3. The van der Waals surface area contributed by atoms with Crippen LogP contribution >= 0.6 is 35.6 Å². The number of aliphatic imine (C=N–C) groups is 1. The van der Waals surface area contributed by atoms with Gasteiger partial charge in [-0.05, 0) is 24.6 Å². The number of guanidine groups is 1. The van der Waals surface area contributed by atoms with Gasteiger partial charge in [-0.15, -0.1) is 24.0 Å². The van der Waals surface area contributed by atoms with Gasteiger partial charge in [-0.2, -0.15) is 0 Å². The molecule has 2 N–H and O–H groups in total. The van der Waals surface area contributed by atoms with Crippen LogP contribution in [0.2, 0.25) is 5.02 Å². The summed E-state index contributed by atoms with van der Waals surface area (Å²) in [5.41, 5.74) is 1.07. The smallest absolute Gasteiger partial charge is 0.215 e. The molecule has 1 unspecified atom stereocenters. The molecule has 1 aromatic rings. The van der Waals surface area contributed by atoms with Crippen molar-refractivity contribution in [3.05, 3.63) is 34.9 Å². The van der Waals surface area contributed by atoms with Crippen LogP contribution < -0.4 is 10.6 Å². The lowest BCUT2D eigenvalue weighted by atomic mass is 10.1. The first-order valence-electron chi connectivity index (χ1n) is 8.04. The Kier molecular flexibility index (Phi) is 11.6. The number of nitrogens with one attached hydrogen (secondary N) is 2. The van der Waals surface area contributed by atoms with Gasteiger partial charge in [0.1, 0.15) is 0 Å². The van der Waals surface area contributed by atoms with Crippen LogP contribution in [0.15, 0.2) is 29.3 Å². The molecule has 0 fully saturated rings. The number of hydrogen-bond acceptors (Lipinski definition) is 3. The van der Waals surface area contributed by atoms with Gasteiger partial charge >= 0.3 is 0 Å². The van der Waals surface area contributed by atoms with Crippen molar-refractivity contribution in [1.29, 1.82) is 0 Å². The van der Waals surface area contributed by atoms with E-state index in [1.807, 2.05) is 45.0 Å². The van der Waals surface area contributed by atoms with Gasteiger partial charge in [-0.25, -0.2) is 12.7 Å². The molecule has 0 saturated heterocycles. The summed E-state index contributed by atoms with van der Waals surface area (Å²) in [4.78, 5) is 4.14. The van der Waals surface area contributed by atoms with Gasteiger partial charge in [-0.1, -0.05) is 37.6 Å². The Morgan fingerprint density at radius 3 is 2.28 bits per heavy atom. The van der Waals surface area contributed by atoms with Crippen molar-refractivity contribution in [3.63, 3.8) is 0 Å². The van der Waals surface area contributed by atoms with Gasteiger partial charge in [0.2, 0.25) is 10.0 Å². The van der Waals surface area contributed by atoms with Crippen LogP contribution in [-0.4, -0.2) is 51.1 Å². The maximum absolute atomic E-state index is 12.2. The molecule has 1 rings (SSSR count). The summed E-state index contributed by atoms with van der Waals surface area (Å²) in [5, 5.41) is 6.97. The number of hydrogen-bond donors (Lipinski definition) is 2. The van der Waals surface area contributed by atoms with E-state index in [0.717, 1.165) is 5.56 Å². The van der Waals surface area contributed by atoms with E-state index in [1.165, 1.54) is 4.31 Å². The molecule has 0 radical (unpaired) electrons. The second-order valence-corrected chi connectivity index (χ2v) is 7.84. The number of halogens is 2. The highest BCUT2D eigenvalue weighted by molar-refractivity contribution is 14.0. The van der Waals surface area contributed by atoms with Crippen molar-refractivity contribution in [2.24, 2.45) is 4.99 Å². The molecule has 1 aromatic carbocycles. The molecule has 0 amide bonds. The Morgan fingerprint density at radius 1 is 1.24 bits per heavy atom. The lowest BCUT2D eigenvalue weighted by molar-refractivity contribution is 0.445. The maximum Gasteiger partial charge on any atom is 0.215 e. The molecule has 144 valence electrons. The Hall–Kier alpha value is -0.580. The zero-order valence-electron chi connectivity index (χ0n) is 15.1. The lowest BCUT2D eigenvalue weighted by Gasteiger charge is -2.20. The third-order valence-corrected chi connectivity index (χ3v) is 5.97. The van der Waals surface area contributed by atoms with Crippen molar-refractivity contribution in [2.45, 2.75) is 26.8 Å². The standard InChI is InChI=1S/C16H27ClN4O2S.HI/c1-5-21(6-2)24(22,23)12-11-19-16(18-4)20-13(3)14-7-9-15(17)10-8-14;/h7-10,13H,5-6,11-12H2,1-4H3,(H2,18,19,20);1H. The molecule has 0 spiro atoms. The van der Waals surface area contributed by atoms with Crippen LogP contribution in [0.5, 0.6) is 0 Å². The van der Waals surface area contributed by atoms with Crippen LogP contribution in [0, 0.1) is 0 Å². The minimum atomic E-state index is -3.24. The van der Waals surface area contributed by atoms with E-state index in [4.69, 9.17) is 11.6 Å². The van der Waals surface area contributed by atoms with E-state index in [-0.39, 0.29) is 35.8 Å². The van der Waals surface area contributed by atoms with Crippen molar-refractivity contribution >= 4 is 51.6 Å². The maximum atomic E-state index is 12.2. The SMILES string of the molecule is CCN(CC)S(=O)(=O)CCNC(=NC)NC(C)c1ccc(Cl)cc1.I. The third kappa shape index (κ3) is 8.10. The zero-order valence-corrected chi connectivity index (χ0v) is 19.0. The van der Waals surface area contributed by atoms with Crippen LogP contribution in [0.3, 0.4) is 0 Å². The summed E-state index contributed by atoms with van der Waals surface area (Å²) in [6.45, 7) is 6.94. The first-order valence-corrected chi connectivity index (χ1v) is 10.0. The molecule has 0 saturated carbocycles. The molecule has 0 aliphatic carbocycles. The summed E-state index contributed by atoms with van der Waals surface area (Å²) in [7, 11) is -1.58. The molecular formula is C16H28ClIN4O2S.